The number of H-pyrrole nitrogens is 1. The number of nitrogens with two attached hydrogens (primary N) is 1. The zero-order valence-corrected chi connectivity index (χ0v) is 15.2. The van der Waals surface area contributed by atoms with Crippen LogP contribution in [0.2, 0.25) is 0 Å². The maximum atomic E-state index is 11.4. The molecular formula is C18H23N8O+. The minimum atomic E-state index is -0.465. The van der Waals surface area contributed by atoms with Gasteiger partial charge in [-0.2, -0.15) is 14.8 Å². The molecule has 0 atom stereocenters. The molecule has 0 radical (unpaired) electrons. The Balaban J connectivity index is 1.56. The molecule has 140 valence electrons. The summed E-state index contributed by atoms with van der Waals surface area (Å²) in [4.78, 5) is 25.0. The molecule has 4 N–H and O–H groups in total. The Bertz CT molecular complexity index is 912. The molecule has 0 bridgehead atoms. The van der Waals surface area contributed by atoms with Gasteiger partial charge in [0.05, 0.1) is 12.1 Å². The monoisotopic (exact) mass is 367 g/mol. The third-order valence-corrected chi connectivity index (χ3v) is 4.45. The number of aliphatic imine (C=N–C) groups is 2. The smallest absolute Gasteiger partial charge is 0.366 e. The van der Waals surface area contributed by atoms with E-state index in [0.29, 0.717) is 29.7 Å². The summed E-state index contributed by atoms with van der Waals surface area (Å²) in [5, 5.41) is 5.21. The Kier molecular flexibility index (Phi) is 4.57. The summed E-state index contributed by atoms with van der Waals surface area (Å²) < 4.78 is 2.01. The van der Waals surface area contributed by atoms with E-state index in [1.54, 1.807) is 24.5 Å². The second-order valence-electron chi connectivity index (χ2n) is 6.76. The molecule has 2 aromatic rings. The zero-order chi connectivity index (χ0) is 18.8. The number of amidine groups is 2. The fraction of sp³-hybridized carbons (Fsp3) is 0.389. The predicted molar refractivity (Wildman–Crippen MR) is 101 cm³/mol. The number of rotatable bonds is 6. The lowest BCUT2D eigenvalue weighted by molar-refractivity contribution is -0.754. The van der Waals surface area contributed by atoms with Crippen LogP contribution in [0.1, 0.15) is 49.0 Å². The van der Waals surface area contributed by atoms with Crippen LogP contribution >= 0.6 is 0 Å². The second-order valence-corrected chi connectivity index (χ2v) is 6.76. The SMILES string of the molecule is CCCN1NC(=Nc2cccc(C(N)=O)c2)C/C1=N\c1nc[n+](C2CC2)[nH]1. The first-order chi connectivity index (χ1) is 13.1. The van der Waals surface area contributed by atoms with E-state index in [2.05, 4.69) is 32.4 Å². The minimum absolute atomic E-state index is 0.439. The Hall–Kier alpha value is -3.23. The van der Waals surface area contributed by atoms with Crippen LogP contribution in [0.25, 0.3) is 0 Å². The van der Waals surface area contributed by atoms with Crippen molar-refractivity contribution < 1.29 is 9.48 Å². The summed E-state index contributed by atoms with van der Waals surface area (Å²) in [6.45, 7) is 2.92. The molecule has 2 heterocycles. The van der Waals surface area contributed by atoms with Crippen LogP contribution in [0.3, 0.4) is 0 Å². The second kappa shape index (κ2) is 7.18. The summed E-state index contributed by atoms with van der Waals surface area (Å²) in [5.74, 6) is 1.76. The highest BCUT2D eigenvalue weighted by atomic mass is 16.1. The van der Waals surface area contributed by atoms with Crippen molar-refractivity contribution in [2.45, 2.75) is 38.6 Å². The molecular weight excluding hydrogens is 344 g/mol. The zero-order valence-electron chi connectivity index (χ0n) is 15.2. The lowest BCUT2D eigenvalue weighted by atomic mass is 10.2. The Morgan fingerprint density at radius 2 is 2.26 bits per heavy atom. The summed E-state index contributed by atoms with van der Waals surface area (Å²) >= 11 is 0. The molecule has 4 rings (SSSR count). The standard InChI is InChI=1S/C18H22N8O/c1-2-8-25-16(22-18-20-11-26(24-18)14-6-7-14)10-15(23-25)21-13-5-3-4-12(9-13)17(19)27/h3-5,9,11,14H,2,6-8,10H2,1H3,(H3,19,21,23,27)/p+1/b22-16+. The number of carbonyl (C=O) groups excluding carboxylic acids is 1. The van der Waals surface area contributed by atoms with Gasteiger partial charge in [-0.05, 0) is 42.4 Å². The third kappa shape index (κ3) is 3.97. The fourth-order valence-corrected chi connectivity index (χ4v) is 2.97. The lowest BCUT2D eigenvalue weighted by Gasteiger charge is -2.16. The van der Waals surface area contributed by atoms with Gasteiger partial charge in [0.1, 0.15) is 17.7 Å². The molecule has 1 aliphatic carbocycles. The van der Waals surface area contributed by atoms with Crippen molar-refractivity contribution in [1.82, 2.24) is 20.5 Å². The molecule has 1 aromatic carbocycles. The van der Waals surface area contributed by atoms with E-state index < -0.39 is 5.91 Å². The van der Waals surface area contributed by atoms with E-state index in [1.807, 2.05) is 15.8 Å². The van der Waals surface area contributed by atoms with E-state index in [0.717, 1.165) is 24.6 Å². The molecule has 2 fully saturated rings. The van der Waals surface area contributed by atoms with E-state index >= 15 is 0 Å². The number of nitrogens with zero attached hydrogens (tertiary/aromatic N) is 5. The highest BCUT2D eigenvalue weighted by molar-refractivity contribution is 6.08. The number of benzene rings is 1. The molecule has 1 saturated carbocycles. The van der Waals surface area contributed by atoms with Crippen molar-refractivity contribution in [3.63, 3.8) is 0 Å². The van der Waals surface area contributed by atoms with Crippen LogP contribution in [-0.4, -0.2) is 39.2 Å². The van der Waals surface area contributed by atoms with Crippen LogP contribution in [0, 0.1) is 0 Å². The number of aromatic amines is 1. The van der Waals surface area contributed by atoms with Crippen molar-refractivity contribution in [3.05, 3.63) is 36.2 Å². The normalized spacial score (nSPS) is 19.7. The average molecular weight is 367 g/mol. The molecule has 0 spiro atoms. The molecule has 0 unspecified atom stereocenters. The van der Waals surface area contributed by atoms with Crippen molar-refractivity contribution >= 4 is 29.2 Å². The number of nitrogens with one attached hydrogen (secondary N) is 2. The molecule has 27 heavy (non-hydrogen) atoms. The first-order valence-corrected chi connectivity index (χ1v) is 9.17. The summed E-state index contributed by atoms with van der Waals surface area (Å²) in [6, 6.07) is 7.50. The first kappa shape index (κ1) is 17.2. The number of carbonyl (C=O) groups is 1. The van der Waals surface area contributed by atoms with Crippen molar-refractivity contribution in [1.29, 1.82) is 0 Å². The highest BCUT2D eigenvalue weighted by Gasteiger charge is 2.31. The number of primary amides is 1. The largest absolute Gasteiger partial charge is 0.375 e. The van der Waals surface area contributed by atoms with Crippen molar-refractivity contribution in [2.75, 3.05) is 6.54 Å². The van der Waals surface area contributed by atoms with E-state index in [-0.39, 0.29) is 0 Å². The highest BCUT2D eigenvalue weighted by Crippen LogP contribution is 2.28. The number of hydrogen-bond donors (Lipinski definition) is 3. The molecule has 9 nitrogen and oxygen atoms in total. The number of amides is 1. The van der Waals surface area contributed by atoms with Crippen LogP contribution in [0.5, 0.6) is 0 Å². The van der Waals surface area contributed by atoms with Gasteiger partial charge in [0.25, 0.3) is 0 Å². The molecule has 9 heteroatoms. The summed E-state index contributed by atoms with van der Waals surface area (Å²) in [7, 11) is 0. The van der Waals surface area contributed by atoms with Crippen LogP contribution in [-0.2, 0) is 0 Å². The van der Waals surface area contributed by atoms with Crippen LogP contribution in [0.4, 0.5) is 11.6 Å². The van der Waals surface area contributed by atoms with Crippen LogP contribution in [0.15, 0.2) is 40.6 Å². The van der Waals surface area contributed by atoms with E-state index in [4.69, 9.17) is 5.73 Å². The Morgan fingerprint density at radius 1 is 1.41 bits per heavy atom. The quantitative estimate of drug-likeness (QED) is 0.671. The van der Waals surface area contributed by atoms with Gasteiger partial charge < -0.3 is 5.73 Å². The van der Waals surface area contributed by atoms with Crippen LogP contribution < -0.4 is 15.8 Å². The molecule has 1 amide bonds. The summed E-state index contributed by atoms with van der Waals surface area (Å²) in [6.07, 6.45) is 5.71. The Morgan fingerprint density at radius 3 is 3.00 bits per heavy atom. The van der Waals surface area contributed by atoms with Gasteiger partial charge in [0.2, 0.25) is 5.91 Å². The average Bonchev–Trinajstić information content (AvgIpc) is 3.29. The molecule has 2 aliphatic rings. The number of aromatic nitrogens is 3. The predicted octanol–water partition coefficient (Wildman–Crippen LogP) is 1.51. The fourth-order valence-electron chi connectivity index (χ4n) is 2.97. The van der Waals surface area contributed by atoms with Gasteiger partial charge in [0, 0.05) is 12.1 Å². The third-order valence-electron chi connectivity index (χ3n) is 4.45. The first-order valence-electron chi connectivity index (χ1n) is 9.17. The minimum Gasteiger partial charge on any atom is -0.366 e. The van der Waals surface area contributed by atoms with Gasteiger partial charge in [-0.15, -0.1) is 0 Å². The van der Waals surface area contributed by atoms with Gasteiger partial charge in [-0.25, -0.2) is 4.99 Å². The van der Waals surface area contributed by atoms with Gasteiger partial charge >= 0.3 is 12.3 Å². The van der Waals surface area contributed by atoms with Gasteiger partial charge in [-0.3, -0.25) is 15.2 Å². The lowest BCUT2D eigenvalue weighted by Crippen LogP contribution is -2.36. The topological polar surface area (TPSA) is 116 Å². The van der Waals surface area contributed by atoms with Crippen molar-refractivity contribution in [2.24, 2.45) is 15.7 Å². The molecule has 1 aliphatic heterocycles. The Labute approximate surface area is 157 Å². The van der Waals surface area contributed by atoms with E-state index in [9.17, 15) is 4.79 Å². The van der Waals surface area contributed by atoms with E-state index in [1.165, 1.54) is 12.8 Å². The van der Waals surface area contributed by atoms with Crippen molar-refractivity contribution in [3.8, 4) is 0 Å². The van der Waals surface area contributed by atoms with Gasteiger partial charge in [-0.1, -0.05) is 13.0 Å². The van der Waals surface area contributed by atoms with Gasteiger partial charge in [0.15, 0.2) is 0 Å². The maximum absolute atomic E-state index is 11.4. The summed E-state index contributed by atoms with van der Waals surface area (Å²) in [5.41, 5.74) is 9.75. The molecule has 1 aromatic heterocycles. The maximum Gasteiger partial charge on any atom is 0.375 e. The number of hydrazine groups is 1. The molecule has 1 saturated heterocycles. The number of hydrogen-bond acceptors (Lipinski definition) is 4.